The van der Waals surface area contributed by atoms with Gasteiger partial charge in [-0.2, -0.15) is 5.26 Å². The van der Waals surface area contributed by atoms with Crippen molar-refractivity contribution >= 4 is 0 Å². The van der Waals surface area contributed by atoms with Crippen LogP contribution in [0.3, 0.4) is 0 Å². The van der Waals surface area contributed by atoms with Gasteiger partial charge in [-0.3, -0.25) is 0 Å². The maximum atomic E-state index is 8.29. The Kier molecular flexibility index (Phi) is 2.95. The summed E-state index contributed by atoms with van der Waals surface area (Å²) in [5.74, 6) is 0. The van der Waals surface area contributed by atoms with E-state index in [0.29, 0.717) is 5.70 Å². The molecule has 0 rings (SSSR count). The predicted molar refractivity (Wildman–Crippen MR) is 42.0 cm³/mol. The highest BCUT2D eigenvalue weighted by molar-refractivity contribution is 5.16. The molecule has 0 saturated carbocycles. The smallest absolute Gasteiger partial charge is 0.0930 e. The first kappa shape index (κ1) is 9.03. The topological polar surface area (TPSA) is 49.8 Å². The monoisotopic (exact) mass is 138 g/mol. The highest BCUT2D eigenvalue weighted by Gasteiger charge is 2.17. The molecule has 56 valence electrons. The molecule has 0 atom stereocenters. The van der Waals surface area contributed by atoms with E-state index in [1.807, 2.05) is 19.9 Å². The number of rotatable bonds is 2. The molecule has 0 aliphatic carbocycles. The molecule has 2 N–H and O–H groups in total. The first-order chi connectivity index (χ1) is 4.54. The number of hydrogen-bond acceptors (Lipinski definition) is 2. The number of nitriles is 1. The summed E-state index contributed by atoms with van der Waals surface area (Å²) in [6.45, 7) is 6.10. The fraction of sp³-hybridized carbons (Fsp3) is 0.625. The Hall–Kier alpha value is -0.970. The van der Waals surface area contributed by atoms with Gasteiger partial charge in [-0.25, -0.2) is 0 Å². The van der Waals surface area contributed by atoms with Crippen molar-refractivity contribution in [2.45, 2.75) is 27.2 Å². The summed E-state index contributed by atoms with van der Waals surface area (Å²) in [6, 6.07) is 1.92. The lowest BCUT2D eigenvalue weighted by molar-refractivity contribution is 0.424. The van der Waals surface area contributed by atoms with Gasteiger partial charge in [-0.15, -0.1) is 0 Å². The molecule has 0 heterocycles. The Morgan fingerprint density at radius 2 is 2.20 bits per heavy atom. The Labute approximate surface area is 62.3 Å². The SMILES string of the molecule is CCC(C)(C)/C(N)=C/C#N. The molecule has 0 unspecified atom stereocenters. The fourth-order valence-corrected chi connectivity index (χ4v) is 0.469. The zero-order valence-electron chi connectivity index (χ0n) is 6.81. The van der Waals surface area contributed by atoms with Crippen LogP contribution in [0.2, 0.25) is 0 Å². The first-order valence-corrected chi connectivity index (χ1v) is 3.40. The zero-order valence-corrected chi connectivity index (χ0v) is 6.81. The lowest BCUT2D eigenvalue weighted by Crippen LogP contribution is -2.19. The normalized spacial score (nSPS) is 12.8. The van der Waals surface area contributed by atoms with E-state index in [2.05, 4.69) is 6.92 Å². The van der Waals surface area contributed by atoms with Crippen molar-refractivity contribution in [1.82, 2.24) is 0 Å². The summed E-state index contributed by atoms with van der Waals surface area (Å²) in [4.78, 5) is 0. The molecule has 0 aliphatic rings. The largest absolute Gasteiger partial charge is 0.401 e. The van der Waals surface area contributed by atoms with Crippen LogP contribution in [0.25, 0.3) is 0 Å². The van der Waals surface area contributed by atoms with Crippen molar-refractivity contribution in [3.63, 3.8) is 0 Å². The van der Waals surface area contributed by atoms with Gasteiger partial charge in [0.05, 0.1) is 6.07 Å². The van der Waals surface area contributed by atoms with Crippen LogP contribution in [0.5, 0.6) is 0 Å². The van der Waals surface area contributed by atoms with Crippen molar-refractivity contribution < 1.29 is 0 Å². The third kappa shape index (κ3) is 2.10. The number of allylic oxidation sites excluding steroid dienone is 2. The second-order valence-corrected chi connectivity index (χ2v) is 2.97. The Balaban J connectivity index is 4.35. The van der Waals surface area contributed by atoms with E-state index in [-0.39, 0.29) is 5.41 Å². The summed E-state index contributed by atoms with van der Waals surface area (Å²) in [5, 5.41) is 8.29. The van der Waals surface area contributed by atoms with E-state index >= 15 is 0 Å². The number of hydrogen-bond donors (Lipinski definition) is 1. The minimum Gasteiger partial charge on any atom is -0.401 e. The van der Waals surface area contributed by atoms with E-state index in [9.17, 15) is 0 Å². The van der Waals surface area contributed by atoms with Crippen LogP contribution in [0.15, 0.2) is 11.8 Å². The van der Waals surface area contributed by atoms with Gasteiger partial charge in [-0.1, -0.05) is 20.8 Å². The average Bonchev–Trinajstić information content (AvgIpc) is 1.89. The van der Waals surface area contributed by atoms with Crippen molar-refractivity contribution in [2.24, 2.45) is 11.1 Å². The third-order valence-corrected chi connectivity index (χ3v) is 1.89. The summed E-state index contributed by atoms with van der Waals surface area (Å²) in [6.07, 6.45) is 2.36. The van der Waals surface area contributed by atoms with E-state index in [4.69, 9.17) is 11.0 Å². The first-order valence-electron chi connectivity index (χ1n) is 3.40. The fourth-order valence-electron chi connectivity index (χ4n) is 0.469. The lowest BCUT2D eigenvalue weighted by Gasteiger charge is -2.21. The van der Waals surface area contributed by atoms with Crippen LogP contribution in [0, 0.1) is 16.7 Å². The molecule has 0 fully saturated rings. The van der Waals surface area contributed by atoms with Crippen LogP contribution < -0.4 is 5.73 Å². The third-order valence-electron chi connectivity index (χ3n) is 1.89. The van der Waals surface area contributed by atoms with Gasteiger partial charge in [0, 0.05) is 17.2 Å². The van der Waals surface area contributed by atoms with Crippen LogP contribution in [-0.4, -0.2) is 0 Å². The van der Waals surface area contributed by atoms with Crippen molar-refractivity contribution in [2.75, 3.05) is 0 Å². The van der Waals surface area contributed by atoms with Crippen molar-refractivity contribution in [1.29, 1.82) is 5.26 Å². The highest BCUT2D eigenvalue weighted by atomic mass is 14.6. The van der Waals surface area contributed by atoms with Crippen molar-refractivity contribution in [3.05, 3.63) is 11.8 Å². The molecule has 0 bridgehead atoms. The molecule has 0 radical (unpaired) electrons. The molecule has 0 aromatic carbocycles. The molecular weight excluding hydrogens is 124 g/mol. The molecule has 0 aliphatic heterocycles. The van der Waals surface area contributed by atoms with E-state index < -0.39 is 0 Å². The van der Waals surface area contributed by atoms with Gasteiger partial charge in [0.15, 0.2) is 0 Å². The molecule has 2 nitrogen and oxygen atoms in total. The van der Waals surface area contributed by atoms with Crippen LogP contribution in [0.1, 0.15) is 27.2 Å². The molecule has 0 aromatic rings. The molecule has 0 aromatic heterocycles. The van der Waals surface area contributed by atoms with Gasteiger partial charge < -0.3 is 5.73 Å². The zero-order chi connectivity index (χ0) is 8.20. The van der Waals surface area contributed by atoms with Crippen LogP contribution >= 0.6 is 0 Å². The van der Waals surface area contributed by atoms with E-state index in [0.717, 1.165) is 6.42 Å². The van der Waals surface area contributed by atoms with Gasteiger partial charge in [0.2, 0.25) is 0 Å². The molecule has 10 heavy (non-hydrogen) atoms. The standard InChI is InChI=1S/C8H14N2/c1-4-8(2,3)7(10)5-6-9/h5H,4,10H2,1-3H3/b7-5-. The number of nitrogens with zero attached hydrogens (tertiary/aromatic N) is 1. The van der Waals surface area contributed by atoms with E-state index in [1.165, 1.54) is 6.08 Å². The molecule has 0 amide bonds. The second-order valence-electron chi connectivity index (χ2n) is 2.97. The minimum absolute atomic E-state index is 0.0320. The quantitative estimate of drug-likeness (QED) is 0.591. The molecular formula is C8H14N2. The summed E-state index contributed by atoms with van der Waals surface area (Å²) >= 11 is 0. The van der Waals surface area contributed by atoms with Crippen LogP contribution in [-0.2, 0) is 0 Å². The molecule has 0 spiro atoms. The van der Waals surface area contributed by atoms with Gasteiger partial charge in [0.25, 0.3) is 0 Å². The summed E-state index contributed by atoms with van der Waals surface area (Å²) < 4.78 is 0. The molecule has 2 heteroatoms. The number of nitrogens with two attached hydrogens (primary N) is 1. The van der Waals surface area contributed by atoms with Gasteiger partial charge in [0.1, 0.15) is 0 Å². The van der Waals surface area contributed by atoms with Gasteiger partial charge >= 0.3 is 0 Å². The van der Waals surface area contributed by atoms with Gasteiger partial charge in [-0.05, 0) is 6.42 Å². The second kappa shape index (κ2) is 3.26. The minimum atomic E-state index is -0.0320. The molecule has 0 saturated heterocycles. The maximum absolute atomic E-state index is 8.29. The highest BCUT2D eigenvalue weighted by Crippen LogP contribution is 2.25. The Morgan fingerprint density at radius 1 is 1.70 bits per heavy atom. The van der Waals surface area contributed by atoms with Crippen molar-refractivity contribution in [3.8, 4) is 6.07 Å². The average molecular weight is 138 g/mol. The summed E-state index contributed by atoms with van der Waals surface area (Å²) in [7, 11) is 0. The summed E-state index contributed by atoms with van der Waals surface area (Å²) in [5.41, 5.74) is 6.24. The van der Waals surface area contributed by atoms with E-state index in [1.54, 1.807) is 0 Å². The Morgan fingerprint density at radius 3 is 2.50 bits per heavy atom. The van der Waals surface area contributed by atoms with Crippen LogP contribution in [0.4, 0.5) is 0 Å². The Bertz CT molecular complexity index is 172. The predicted octanol–water partition coefficient (Wildman–Crippen LogP) is 1.79. The lowest BCUT2D eigenvalue weighted by atomic mass is 9.86. The maximum Gasteiger partial charge on any atom is 0.0930 e.